The average molecular weight is 342 g/mol. The topological polar surface area (TPSA) is 66.9 Å². The largest absolute Gasteiger partial charge is 0.494 e. The third-order valence-corrected chi connectivity index (χ3v) is 4.57. The van der Waals surface area contributed by atoms with E-state index in [1.54, 1.807) is 43.3 Å². The van der Waals surface area contributed by atoms with Gasteiger partial charge in [-0.1, -0.05) is 6.92 Å². The van der Waals surface area contributed by atoms with Crippen LogP contribution in [0.4, 0.5) is 0 Å². The van der Waals surface area contributed by atoms with E-state index < -0.39 is 9.84 Å². The highest BCUT2D eigenvalue weighted by Crippen LogP contribution is 2.15. The molecule has 0 atom stereocenters. The number of amides is 1. The molecule has 0 saturated heterocycles. The molecule has 0 spiro atoms. The lowest BCUT2D eigenvalue weighted by Crippen LogP contribution is -2.37. The summed E-state index contributed by atoms with van der Waals surface area (Å²) in [4.78, 5) is 15.6. The first kappa shape index (κ1) is 19.4. The van der Waals surface area contributed by atoms with Crippen molar-refractivity contribution in [1.29, 1.82) is 0 Å². The number of sulfone groups is 1. The normalized spacial score (nSPS) is 11.5. The number of rotatable bonds is 9. The number of ether oxygens (including phenoxy) is 1. The maximum absolute atomic E-state index is 11.7. The Morgan fingerprint density at radius 1 is 1.17 bits per heavy atom. The fourth-order valence-corrected chi connectivity index (χ4v) is 2.57. The van der Waals surface area contributed by atoms with Crippen molar-refractivity contribution in [2.75, 3.05) is 46.6 Å². The Kier molecular flexibility index (Phi) is 7.51. The summed E-state index contributed by atoms with van der Waals surface area (Å²) in [5.74, 6) is 0.731. The van der Waals surface area contributed by atoms with Crippen LogP contribution in [-0.2, 0) is 14.6 Å². The van der Waals surface area contributed by atoms with Gasteiger partial charge in [0.2, 0.25) is 5.91 Å². The molecule has 0 heterocycles. The van der Waals surface area contributed by atoms with E-state index in [4.69, 9.17) is 4.74 Å². The van der Waals surface area contributed by atoms with Crippen LogP contribution in [0.2, 0.25) is 0 Å². The summed E-state index contributed by atoms with van der Waals surface area (Å²) in [7, 11) is 0.323. The molecule has 0 aliphatic heterocycles. The molecule has 0 aliphatic rings. The van der Waals surface area contributed by atoms with Crippen LogP contribution in [0.15, 0.2) is 29.2 Å². The molecule has 0 N–H and O–H groups in total. The molecule has 6 nitrogen and oxygen atoms in total. The highest BCUT2D eigenvalue weighted by molar-refractivity contribution is 7.90. The molecule has 0 aliphatic carbocycles. The summed E-state index contributed by atoms with van der Waals surface area (Å²) >= 11 is 0. The molecule has 130 valence electrons. The van der Waals surface area contributed by atoms with Gasteiger partial charge in [-0.3, -0.25) is 9.69 Å². The van der Waals surface area contributed by atoms with E-state index in [0.29, 0.717) is 18.9 Å². The summed E-state index contributed by atoms with van der Waals surface area (Å²) in [5.41, 5.74) is 0. The first-order chi connectivity index (χ1) is 10.7. The van der Waals surface area contributed by atoms with Crippen LogP contribution in [0.1, 0.15) is 13.3 Å². The number of likely N-dealkylation sites (N-methyl/N-ethyl adjacent to an activating group) is 2. The van der Waals surface area contributed by atoms with Gasteiger partial charge in [-0.15, -0.1) is 0 Å². The Bertz CT molecular complexity index is 597. The van der Waals surface area contributed by atoms with E-state index in [1.807, 2.05) is 6.92 Å². The number of carbonyl (C=O) groups is 1. The SMILES string of the molecule is CCN(CCCOc1ccc(S(C)(=O)=O)cc1)CC(=O)N(C)C. The smallest absolute Gasteiger partial charge is 0.236 e. The number of hydrogen-bond donors (Lipinski definition) is 0. The van der Waals surface area contributed by atoms with E-state index in [1.165, 1.54) is 6.26 Å². The molecule has 1 aromatic rings. The second-order valence-corrected chi connectivity index (χ2v) is 7.62. The summed E-state index contributed by atoms with van der Waals surface area (Å²) < 4.78 is 28.3. The van der Waals surface area contributed by atoms with Gasteiger partial charge in [0.1, 0.15) is 5.75 Å². The predicted octanol–water partition coefficient (Wildman–Crippen LogP) is 1.27. The number of hydrogen-bond acceptors (Lipinski definition) is 5. The van der Waals surface area contributed by atoms with Gasteiger partial charge in [-0.2, -0.15) is 0 Å². The molecule has 23 heavy (non-hydrogen) atoms. The first-order valence-electron chi connectivity index (χ1n) is 7.59. The van der Waals surface area contributed by atoms with Crippen molar-refractivity contribution >= 4 is 15.7 Å². The molecule has 0 bridgehead atoms. The molecule has 1 aromatic carbocycles. The van der Waals surface area contributed by atoms with Crippen LogP contribution in [-0.4, -0.2) is 70.7 Å². The molecule has 1 rings (SSSR count). The van der Waals surface area contributed by atoms with Gasteiger partial charge < -0.3 is 9.64 Å². The fraction of sp³-hybridized carbons (Fsp3) is 0.562. The molecular formula is C16H26N2O4S. The van der Waals surface area contributed by atoms with Crippen molar-refractivity contribution in [2.24, 2.45) is 0 Å². The Hall–Kier alpha value is -1.60. The quantitative estimate of drug-likeness (QED) is 0.632. The van der Waals surface area contributed by atoms with E-state index >= 15 is 0 Å². The molecular weight excluding hydrogens is 316 g/mol. The third-order valence-electron chi connectivity index (χ3n) is 3.44. The van der Waals surface area contributed by atoms with Crippen molar-refractivity contribution in [1.82, 2.24) is 9.80 Å². The Labute approximate surface area is 139 Å². The zero-order chi connectivity index (χ0) is 17.5. The van der Waals surface area contributed by atoms with Crippen molar-refractivity contribution < 1.29 is 17.9 Å². The zero-order valence-corrected chi connectivity index (χ0v) is 15.1. The molecule has 0 aromatic heterocycles. The lowest BCUT2D eigenvalue weighted by Gasteiger charge is -2.21. The van der Waals surface area contributed by atoms with Gasteiger partial charge in [0.25, 0.3) is 0 Å². The van der Waals surface area contributed by atoms with Crippen LogP contribution in [0.5, 0.6) is 5.75 Å². The van der Waals surface area contributed by atoms with Gasteiger partial charge >= 0.3 is 0 Å². The Balaban J connectivity index is 2.37. The molecule has 0 fully saturated rings. The van der Waals surface area contributed by atoms with Crippen molar-refractivity contribution in [2.45, 2.75) is 18.2 Å². The standard InChI is InChI=1S/C16H26N2O4S/c1-5-18(13-16(19)17(2)3)11-6-12-22-14-7-9-15(10-8-14)23(4,20)21/h7-10H,5-6,11-13H2,1-4H3. The summed E-state index contributed by atoms with van der Waals surface area (Å²) in [6.07, 6.45) is 1.97. The highest BCUT2D eigenvalue weighted by atomic mass is 32.2. The summed E-state index contributed by atoms with van der Waals surface area (Å²) in [6.45, 7) is 4.53. The van der Waals surface area contributed by atoms with E-state index in [0.717, 1.165) is 19.5 Å². The minimum atomic E-state index is -3.18. The van der Waals surface area contributed by atoms with Crippen molar-refractivity contribution in [3.05, 3.63) is 24.3 Å². The Morgan fingerprint density at radius 2 is 1.78 bits per heavy atom. The lowest BCUT2D eigenvalue weighted by molar-refractivity contribution is -0.129. The number of nitrogens with zero attached hydrogens (tertiary/aromatic N) is 2. The lowest BCUT2D eigenvalue weighted by atomic mass is 10.3. The maximum Gasteiger partial charge on any atom is 0.236 e. The van der Waals surface area contributed by atoms with E-state index in [9.17, 15) is 13.2 Å². The van der Waals surface area contributed by atoms with E-state index in [2.05, 4.69) is 4.90 Å². The second-order valence-electron chi connectivity index (χ2n) is 5.60. The van der Waals surface area contributed by atoms with Crippen molar-refractivity contribution in [3.63, 3.8) is 0 Å². The monoisotopic (exact) mass is 342 g/mol. The zero-order valence-electron chi connectivity index (χ0n) is 14.3. The van der Waals surface area contributed by atoms with Gasteiger partial charge in [0.15, 0.2) is 9.84 Å². The molecule has 0 radical (unpaired) electrons. The molecule has 0 saturated carbocycles. The Morgan fingerprint density at radius 3 is 2.26 bits per heavy atom. The van der Waals surface area contributed by atoms with E-state index in [-0.39, 0.29) is 10.8 Å². The van der Waals surface area contributed by atoms with Crippen LogP contribution in [0.3, 0.4) is 0 Å². The average Bonchev–Trinajstić information content (AvgIpc) is 2.49. The number of carbonyl (C=O) groups excluding carboxylic acids is 1. The minimum Gasteiger partial charge on any atom is -0.494 e. The second kappa shape index (κ2) is 8.88. The van der Waals surface area contributed by atoms with Crippen LogP contribution in [0.25, 0.3) is 0 Å². The minimum absolute atomic E-state index is 0.0872. The van der Waals surface area contributed by atoms with Gasteiger partial charge in [-0.05, 0) is 37.2 Å². The molecule has 7 heteroatoms. The van der Waals surface area contributed by atoms with Crippen LogP contribution >= 0.6 is 0 Å². The number of benzene rings is 1. The summed E-state index contributed by atoms with van der Waals surface area (Å²) in [6, 6.07) is 6.39. The highest BCUT2D eigenvalue weighted by Gasteiger charge is 2.10. The van der Waals surface area contributed by atoms with Crippen LogP contribution in [0, 0.1) is 0 Å². The van der Waals surface area contributed by atoms with Crippen LogP contribution < -0.4 is 4.74 Å². The molecule has 1 amide bonds. The van der Waals surface area contributed by atoms with Gasteiger partial charge in [0.05, 0.1) is 18.0 Å². The predicted molar refractivity (Wildman–Crippen MR) is 90.5 cm³/mol. The first-order valence-corrected chi connectivity index (χ1v) is 9.48. The maximum atomic E-state index is 11.7. The van der Waals surface area contributed by atoms with Crippen molar-refractivity contribution in [3.8, 4) is 5.75 Å². The van der Waals surface area contributed by atoms with Gasteiger partial charge in [-0.25, -0.2) is 8.42 Å². The fourth-order valence-electron chi connectivity index (χ4n) is 1.94. The molecule has 0 unspecified atom stereocenters. The third kappa shape index (κ3) is 7.00. The van der Waals surface area contributed by atoms with Gasteiger partial charge in [0, 0.05) is 26.9 Å². The summed E-state index contributed by atoms with van der Waals surface area (Å²) in [5, 5.41) is 0.